The average molecular weight is 484 g/mol. The Kier molecular flexibility index (Phi) is 6.84. The lowest BCUT2D eigenvalue weighted by molar-refractivity contribution is 0.381. The van der Waals surface area contributed by atoms with Gasteiger partial charge in [-0.15, -0.1) is 0 Å². The molecule has 2 aromatic carbocycles. The molecule has 0 atom stereocenters. The fraction of sp³-hybridized carbons (Fsp3) is 0.250. The van der Waals surface area contributed by atoms with Gasteiger partial charge >= 0.3 is 7.60 Å². The topological polar surface area (TPSA) is 35.5 Å². The molecule has 0 saturated heterocycles. The van der Waals surface area contributed by atoms with Crippen LogP contribution in [0.2, 0.25) is 0 Å². The summed E-state index contributed by atoms with van der Waals surface area (Å²) in [6.07, 6.45) is 1.60. The van der Waals surface area contributed by atoms with Gasteiger partial charge in [0.2, 0.25) is 0 Å². The lowest BCUT2D eigenvalue weighted by Gasteiger charge is -2.21. The number of hydrogen-bond donors (Lipinski definition) is 0. The van der Waals surface area contributed by atoms with Crippen molar-refractivity contribution in [2.75, 3.05) is 6.16 Å². The van der Waals surface area contributed by atoms with E-state index in [2.05, 4.69) is 31.9 Å². The third kappa shape index (κ3) is 5.30. The molecule has 8 heteroatoms. The SMILES string of the molecule is CCCCP(=O)(Oc1ccc(F)cc1Br)Oc1ccc(F)cc1Br. The molecule has 0 aliphatic carbocycles. The van der Waals surface area contributed by atoms with Crippen molar-refractivity contribution in [3.63, 3.8) is 0 Å². The molecule has 0 fully saturated rings. The smallest absolute Gasteiger partial charge is 0.415 e. The maximum absolute atomic E-state index is 13.2. The van der Waals surface area contributed by atoms with Crippen LogP contribution in [-0.4, -0.2) is 6.16 Å². The summed E-state index contributed by atoms with van der Waals surface area (Å²) in [4.78, 5) is 0. The van der Waals surface area contributed by atoms with Crippen LogP contribution >= 0.6 is 39.5 Å². The van der Waals surface area contributed by atoms with Gasteiger partial charge in [-0.2, -0.15) is 0 Å². The predicted octanol–water partition coefficient (Wildman–Crippen LogP) is 6.94. The molecular weight excluding hydrogens is 469 g/mol. The number of unbranched alkanes of at least 4 members (excludes halogenated alkanes) is 1. The minimum Gasteiger partial charge on any atom is -0.415 e. The highest BCUT2D eigenvalue weighted by Crippen LogP contribution is 2.51. The van der Waals surface area contributed by atoms with Gasteiger partial charge in [-0.1, -0.05) is 13.3 Å². The first-order valence-electron chi connectivity index (χ1n) is 7.21. The monoisotopic (exact) mass is 482 g/mol. The Labute approximate surface area is 156 Å². The second-order valence-electron chi connectivity index (χ2n) is 5.02. The molecule has 0 radical (unpaired) electrons. The van der Waals surface area contributed by atoms with Crippen LogP contribution in [0.5, 0.6) is 11.5 Å². The summed E-state index contributed by atoms with van der Waals surface area (Å²) < 4.78 is 51.3. The second kappa shape index (κ2) is 8.45. The summed E-state index contributed by atoms with van der Waals surface area (Å²) in [5, 5.41) is 0. The van der Waals surface area contributed by atoms with Crippen molar-refractivity contribution in [2.45, 2.75) is 19.8 Å². The van der Waals surface area contributed by atoms with Crippen LogP contribution in [0.1, 0.15) is 19.8 Å². The first-order valence-corrected chi connectivity index (χ1v) is 10.5. The van der Waals surface area contributed by atoms with Gasteiger partial charge in [-0.3, -0.25) is 0 Å². The van der Waals surface area contributed by atoms with Crippen molar-refractivity contribution in [3.8, 4) is 11.5 Å². The molecule has 24 heavy (non-hydrogen) atoms. The van der Waals surface area contributed by atoms with Crippen LogP contribution < -0.4 is 9.05 Å². The van der Waals surface area contributed by atoms with Crippen LogP contribution in [0.15, 0.2) is 45.3 Å². The molecule has 2 rings (SSSR count). The second-order valence-corrected chi connectivity index (χ2v) is 8.76. The van der Waals surface area contributed by atoms with Crippen molar-refractivity contribution >= 4 is 39.5 Å². The first-order chi connectivity index (χ1) is 11.3. The minimum absolute atomic E-state index is 0.178. The normalized spacial score (nSPS) is 11.4. The van der Waals surface area contributed by atoms with Gasteiger partial charge in [0.15, 0.2) is 0 Å². The van der Waals surface area contributed by atoms with E-state index < -0.39 is 19.2 Å². The van der Waals surface area contributed by atoms with E-state index in [1.54, 1.807) is 0 Å². The van der Waals surface area contributed by atoms with E-state index in [0.29, 0.717) is 15.4 Å². The van der Waals surface area contributed by atoms with Crippen LogP contribution in [0, 0.1) is 11.6 Å². The Morgan fingerprint density at radius 2 is 1.42 bits per heavy atom. The Morgan fingerprint density at radius 3 is 1.79 bits per heavy atom. The Hall–Kier alpha value is -0.910. The Bertz CT molecular complexity index is 713. The fourth-order valence-electron chi connectivity index (χ4n) is 1.86. The zero-order chi connectivity index (χ0) is 17.7. The molecule has 3 nitrogen and oxygen atoms in total. The van der Waals surface area contributed by atoms with Gasteiger partial charge in [-0.25, -0.2) is 13.3 Å². The molecule has 0 aliphatic rings. The standard InChI is InChI=1S/C16H15Br2F2O3P/c1-2-3-8-24(21,22-15-6-4-11(19)9-13(15)17)23-16-7-5-12(20)10-14(16)18/h4-7,9-10H,2-3,8H2,1H3. The maximum atomic E-state index is 13.2. The molecule has 0 unspecified atom stereocenters. The molecule has 0 heterocycles. The van der Waals surface area contributed by atoms with Gasteiger partial charge in [0, 0.05) is 0 Å². The largest absolute Gasteiger partial charge is 0.430 e. The van der Waals surface area contributed by atoms with Crippen LogP contribution in [0.4, 0.5) is 8.78 Å². The average Bonchev–Trinajstić information content (AvgIpc) is 2.51. The highest BCUT2D eigenvalue weighted by Gasteiger charge is 2.29. The van der Waals surface area contributed by atoms with Crippen LogP contribution in [0.25, 0.3) is 0 Å². The van der Waals surface area contributed by atoms with Crippen molar-refractivity contribution in [3.05, 3.63) is 57.0 Å². The van der Waals surface area contributed by atoms with Gasteiger partial charge in [0.05, 0.1) is 15.1 Å². The van der Waals surface area contributed by atoms with Gasteiger partial charge in [0.1, 0.15) is 23.1 Å². The van der Waals surface area contributed by atoms with Crippen molar-refractivity contribution in [1.82, 2.24) is 0 Å². The number of rotatable bonds is 7. The van der Waals surface area contributed by atoms with E-state index in [1.165, 1.54) is 36.4 Å². The van der Waals surface area contributed by atoms with Crippen molar-refractivity contribution < 1.29 is 22.4 Å². The number of benzene rings is 2. The van der Waals surface area contributed by atoms with Crippen molar-refractivity contribution in [2.24, 2.45) is 0 Å². The summed E-state index contributed by atoms with van der Waals surface area (Å²) in [6.45, 7) is 1.95. The molecule has 0 bridgehead atoms. The van der Waals surface area contributed by atoms with Crippen LogP contribution in [0.3, 0.4) is 0 Å². The zero-order valence-corrected chi connectivity index (χ0v) is 16.8. The molecule has 0 aliphatic heterocycles. The molecule has 0 spiro atoms. The van der Waals surface area contributed by atoms with Gasteiger partial charge < -0.3 is 9.05 Å². The van der Waals surface area contributed by atoms with Gasteiger partial charge in [0.25, 0.3) is 0 Å². The van der Waals surface area contributed by atoms with Crippen LogP contribution in [-0.2, 0) is 4.57 Å². The summed E-state index contributed by atoms with van der Waals surface area (Å²) in [5.74, 6) is -0.456. The quantitative estimate of drug-likeness (QED) is 0.400. The molecule has 2 aromatic rings. The molecule has 0 amide bonds. The maximum Gasteiger partial charge on any atom is 0.430 e. The zero-order valence-electron chi connectivity index (χ0n) is 12.8. The lowest BCUT2D eigenvalue weighted by Crippen LogP contribution is -2.06. The molecule has 0 N–H and O–H groups in total. The van der Waals surface area contributed by atoms with E-state index >= 15 is 0 Å². The van der Waals surface area contributed by atoms with E-state index in [-0.39, 0.29) is 17.7 Å². The Morgan fingerprint density at radius 1 is 0.958 bits per heavy atom. The lowest BCUT2D eigenvalue weighted by atomic mass is 10.3. The highest BCUT2D eigenvalue weighted by atomic mass is 79.9. The van der Waals surface area contributed by atoms with Crippen molar-refractivity contribution in [1.29, 1.82) is 0 Å². The molecule has 0 aromatic heterocycles. The van der Waals surface area contributed by atoms with Gasteiger partial charge in [-0.05, 0) is 74.7 Å². The highest BCUT2D eigenvalue weighted by molar-refractivity contribution is 9.10. The Balaban J connectivity index is 2.29. The number of halogens is 4. The predicted molar refractivity (Wildman–Crippen MR) is 96.8 cm³/mol. The summed E-state index contributed by atoms with van der Waals surface area (Å²) >= 11 is 6.35. The summed E-state index contributed by atoms with van der Waals surface area (Å²) in [5.41, 5.74) is 0. The van der Waals surface area contributed by atoms with E-state index in [0.717, 1.165) is 6.42 Å². The molecular formula is C16H15Br2F2O3P. The number of hydrogen-bond acceptors (Lipinski definition) is 3. The fourth-order valence-corrected chi connectivity index (χ4v) is 4.81. The third-order valence-electron chi connectivity index (χ3n) is 3.05. The first kappa shape index (κ1) is 19.4. The third-order valence-corrected chi connectivity index (χ3v) is 6.10. The van der Waals surface area contributed by atoms with E-state index in [4.69, 9.17) is 9.05 Å². The molecule has 0 saturated carbocycles. The summed E-state index contributed by atoms with van der Waals surface area (Å²) in [6, 6.07) is 7.60. The van der Waals surface area contributed by atoms with E-state index in [1.807, 2.05) is 6.92 Å². The van der Waals surface area contributed by atoms with E-state index in [9.17, 15) is 13.3 Å². The summed E-state index contributed by atoms with van der Waals surface area (Å²) in [7, 11) is -3.57. The molecule has 130 valence electrons. The minimum atomic E-state index is -3.57.